The minimum atomic E-state index is -0.591. The summed E-state index contributed by atoms with van der Waals surface area (Å²) in [5.41, 5.74) is 0.572. The van der Waals surface area contributed by atoms with Crippen LogP contribution in [0.5, 0.6) is 0 Å². The maximum atomic E-state index is 13.0. The van der Waals surface area contributed by atoms with E-state index in [0.717, 1.165) is 0 Å². The van der Waals surface area contributed by atoms with Gasteiger partial charge in [-0.05, 0) is 18.9 Å². The zero-order valence-corrected chi connectivity index (χ0v) is 6.42. The molecule has 64 valence electrons. The van der Waals surface area contributed by atoms with E-state index in [4.69, 9.17) is 0 Å². The molecule has 2 N–H and O–H groups in total. The Labute approximate surface area is 69.2 Å². The van der Waals surface area contributed by atoms with E-state index in [1.807, 2.05) is 0 Å². The summed E-state index contributed by atoms with van der Waals surface area (Å²) >= 11 is 0. The molecule has 1 aliphatic heterocycles. The highest BCUT2D eigenvalue weighted by molar-refractivity contribution is 5.46. The molecule has 12 heavy (non-hydrogen) atoms. The molecule has 0 saturated heterocycles. The highest BCUT2D eigenvalue weighted by Gasteiger charge is 2.18. The SMILES string of the molecule is OC1CCc2c(F)ccnc2N1. The first-order valence-corrected chi connectivity index (χ1v) is 3.85. The lowest BCUT2D eigenvalue weighted by Gasteiger charge is -2.21. The summed E-state index contributed by atoms with van der Waals surface area (Å²) in [4.78, 5) is 3.92. The van der Waals surface area contributed by atoms with Gasteiger partial charge in [-0.1, -0.05) is 0 Å². The predicted octanol–water partition coefficient (Wildman–Crippen LogP) is 0.897. The monoisotopic (exact) mass is 168 g/mol. The molecule has 1 aliphatic rings. The van der Waals surface area contributed by atoms with Crippen molar-refractivity contribution in [2.45, 2.75) is 19.1 Å². The van der Waals surface area contributed by atoms with E-state index in [-0.39, 0.29) is 5.82 Å². The summed E-state index contributed by atoms with van der Waals surface area (Å²) in [6.07, 6.45) is 1.88. The summed E-state index contributed by atoms with van der Waals surface area (Å²) in [6.45, 7) is 0. The minimum absolute atomic E-state index is 0.251. The number of anilines is 1. The van der Waals surface area contributed by atoms with Crippen LogP contribution in [0, 0.1) is 5.82 Å². The number of nitrogens with one attached hydrogen (secondary N) is 1. The van der Waals surface area contributed by atoms with Gasteiger partial charge in [-0.25, -0.2) is 9.37 Å². The van der Waals surface area contributed by atoms with Gasteiger partial charge in [-0.15, -0.1) is 0 Å². The molecule has 0 aliphatic carbocycles. The zero-order chi connectivity index (χ0) is 8.55. The maximum Gasteiger partial charge on any atom is 0.134 e. The third-order valence-electron chi connectivity index (χ3n) is 1.97. The van der Waals surface area contributed by atoms with Crippen LogP contribution in [0.4, 0.5) is 10.2 Å². The third kappa shape index (κ3) is 1.14. The normalized spacial score (nSPS) is 21.3. The van der Waals surface area contributed by atoms with E-state index in [9.17, 15) is 9.50 Å². The summed E-state index contributed by atoms with van der Waals surface area (Å²) in [7, 11) is 0. The van der Waals surface area contributed by atoms with Crippen molar-refractivity contribution in [1.29, 1.82) is 0 Å². The molecule has 1 unspecified atom stereocenters. The Morgan fingerprint density at radius 2 is 2.50 bits per heavy atom. The Kier molecular flexibility index (Phi) is 1.69. The molecule has 0 spiro atoms. The maximum absolute atomic E-state index is 13.0. The van der Waals surface area contributed by atoms with Crippen LogP contribution in [0.3, 0.4) is 0 Å². The molecule has 0 aromatic carbocycles. The fourth-order valence-electron chi connectivity index (χ4n) is 1.34. The first-order chi connectivity index (χ1) is 5.77. The fraction of sp³-hybridized carbons (Fsp3) is 0.375. The number of aliphatic hydroxyl groups excluding tert-OH is 1. The highest BCUT2D eigenvalue weighted by Crippen LogP contribution is 2.23. The molecule has 0 bridgehead atoms. The van der Waals surface area contributed by atoms with Gasteiger partial charge in [0.25, 0.3) is 0 Å². The third-order valence-corrected chi connectivity index (χ3v) is 1.97. The number of rotatable bonds is 0. The fourth-order valence-corrected chi connectivity index (χ4v) is 1.34. The average Bonchev–Trinajstić information content (AvgIpc) is 2.04. The number of aliphatic hydroxyl groups is 1. The van der Waals surface area contributed by atoms with E-state index in [0.29, 0.717) is 24.2 Å². The van der Waals surface area contributed by atoms with E-state index >= 15 is 0 Å². The molecule has 0 saturated carbocycles. The molecular weight excluding hydrogens is 159 g/mol. The lowest BCUT2D eigenvalue weighted by Crippen LogP contribution is -2.26. The van der Waals surface area contributed by atoms with E-state index < -0.39 is 6.23 Å². The molecule has 2 heterocycles. The first-order valence-electron chi connectivity index (χ1n) is 3.85. The molecule has 0 radical (unpaired) electrons. The molecule has 1 aromatic rings. The number of aromatic nitrogens is 1. The van der Waals surface area contributed by atoms with E-state index in [1.54, 1.807) is 0 Å². The van der Waals surface area contributed by atoms with Gasteiger partial charge in [-0.3, -0.25) is 0 Å². The van der Waals surface area contributed by atoms with Crippen molar-refractivity contribution in [3.63, 3.8) is 0 Å². The van der Waals surface area contributed by atoms with Gasteiger partial charge in [-0.2, -0.15) is 0 Å². The molecule has 2 rings (SSSR count). The van der Waals surface area contributed by atoms with Gasteiger partial charge >= 0.3 is 0 Å². The van der Waals surface area contributed by atoms with Crippen molar-refractivity contribution in [2.24, 2.45) is 0 Å². The smallest absolute Gasteiger partial charge is 0.134 e. The van der Waals surface area contributed by atoms with Gasteiger partial charge < -0.3 is 10.4 Å². The Morgan fingerprint density at radius 3 is 3.33 bits per heavy atom. The Hall–Kier alpha value is -1.16. The summed E-state index contributed by atoms with van der Waals surface area (Å²) in [5.74, 6) is 0.216. The number of hydrogen-bond donors (Lipinski definition) is 2. The standard InChI is InChI=1S/C8H9FN2O/c9-6-3-4-10-8-5(6)1-2-7(12)11-8/h3-4,7,12H,1-2H2,(H,10,11). The largest absolute Gasteiger partial charge is 0.374 e. The van der Waals surface area contributed by atoms with Gasteiger partial charge in [0.1, 0.15) is 17.9 Å². The van der Waals surface area contributed by atoms with Crippen molar-refractivity contribution in [3.05, 3.63) is 23.6 Å². The molecule has 1 atom stereocenters. The van der Waals surface area contributed by atoms with Crippen LogP contribution < -0.4 is 5.32 Å². The lowest BCUT2D eigenvalue weighted by molar-refractivity contribution is 0.187. The predicted molar refractivity (Wildman–Crippen MR) is 42.1 cm³/mol. The minimum Gasteiger partial charge on any atom is -0.374 e. The first kappa shape index (κ1) is 7.49. The van der Waals surface area contributed by atoms with Crippen LogP contribution in [0.2, 0.25) is 0 Å². The zero-order valence-electron chi connectivity index (χ0n) is 6.42. The second-order valence-corrected chi connectivity index (χ2v) is 2.82. The number of fused-ring (bicyclic) bond motifs is 1. The Bertz CT molecular complexity index is 303. The number of halogens is 1. The van der Waals surface area contributed by atoms with Crippen LogP contribution in [0.25, 0.3) is 0 Å². The van der Waals surface area contributed by atoms with Crippen LogP contribution in [-0.4, -0.2) is 16.3 Å². The molecule has 3 nitrogen and oxygen atoms in total. The molecule has 4 heteroatoms. The van der Waals surface area contributed by atoms with E-state index in [1.165, 1.54) is 12.3 Å². The van der Waals surface area contributed by atoms with Crippen LogP contribution >= 0.6 is 0 Å². The number of pyridine rings is 1. The topological polar surface area (TPSA) is 45.2 Å². The Morgan fingerprint density at radius 1 is 1.67 bits per heavy atom. The summed E-state index contributed by atoms with van der Waals surface area (Å²) < 4.78 is 13.0. The number of nitrogens with zero attached hydrogens (tertiary/aromatic N) is 1. The van der Waals surface area contributed by atoms with E-state index in [2.05, 4.69) is 10.3 Å². The van der Waals surface area contributed by atoms with Gasteiger partial charge in [0, 0.05) is 11.8 Å². The number of hydrogen-bond acceptors (Lipinski definition) is 3. The second-order valence-electron chi connectivity index (χ2n) is 2.82. The van der Waals surface area contributed by atoms with Crippen LogP contribution in [-0.2, 0) is 6.42 Å². The summed E-state index contributed by atoms with van der Waals surface area (Å²) in [5, 5.41) is 11.9. The second kappa shape index (κ2) is 2.71. The molecule has 1 aromatic heterocycles. The van der Waals surface area contributed by atoms with Gasteiger partial charge in [0.15, 0.2) is 0 Å². The van der Waals surface area contributed by atoms with Gasteiger partial charge in [0.2, 0.25) is 0 Å². The highest BCUT2D eigenvalue weighted by atomic mass is 19.1. The average molecular weight is 168 g/mol. The van der Waals surface area contributed by atoms with Crippen molar-refractivity contribution < 1.29 is 9.50 Å². The quantitative estimate of drug-likeness (QED) is 0.605. The molecule has 0 fully saturated rings. The van der Waals surface area contributed by atoms with Gasteiger partial charge in [0.05, 0.1) is 0 Å². The van der Waals surface area contributed by atoms with Crippen molar-refractivity contribution in [3.8, 4) is 0 Å². The molecular formula is C8H9FN2O. The van der Waals surface area contributed by atoms with Crippen molar-refractivity contribution >= 4 is 5.82 Å². The summed E-state index contributed by atoms with van der Waals surface area (Å²) in [6, 6.07) is 1.33. The lowest BCUT2D eigenvalue weighted by atomic mass is 10.1. The van der Waals surface area contributed by atoms with Crippen molar-refractivity contribution in [2.75, 3.05) is 5.32 Å². The van der Waals surface area contributed by atoms with Crippen molar-refractivity contribution in [1.82, 2.24) is 4.98 Å². The van der Waals surface area contributed by atoms with Crippen LogP contribution in [0.15, 0.2) is 12.3 Å². The van der Waals surface area contributed by atoms with Crippen LogP contribution in [0.1, 0.15) is 12.0 Å². The molecule has 0 amide bonds. The Balaban J connectivity index is 2.42.